The van der Waals surface area contributed by atoms with E-state index in [1.807, 2.05) is 25.1 Å². The molecule has 0 bridgehead atoms. The second-order valence-electron chi connectivity index (χ2n) is 3.65. The first-order chi connectivity index (χ1) is 6.61. The molecule has 0 unspecified atom stereocenters. The smallest absolute Gasteiger partial charge is 0.0441 e. The molecule has 74 valence electrons. The van der Waals surface area contributed by atoms with Gasteiger partial charge in [0.1, 0.15) is 0 Å². The van der Waals surface area contributed by atoms with Gasteiger partial charge in [0.25, 0.3) is 0 Å². The maximum atomic E-state index is 3.86. The number of benzene rings is 1. The molecular weight excluding hydrogens is 170 g/mol. The van der Waals surface area contributed by atoms with Crippen LogP contribution in [0.5, 0.6) is 0 Å². The van der Waals surface area contributed by atoms with Crippen LogP contribution in [0.4, 0.5) is 0 Å². The summed E-state index contributed by atoms with van der Waals surface area (Å²) in [5, 5.41) is 3.28. The van der Waals surface area contributed by atoms with Gasteiger partial charge in [0.2, 0.25) is 0 Å². The normalized spacial score (nSPS) is 9.36. The summed E-state index contributed by atoms with van der Waals surface area (Å²) in [6, 6.07) is 10.3. The molecule has 0 saturated carbocycles. The Bertz CT molecular complexity index is 343. The van der Waals surface area contributed by atoms with E-state index in [0.717, 1.165) is 11.4 Å². The van der Waals surface area contributed by atoms with Gasteiger partial charge in [-0.1, -0.05) is 42.5 Å². The molecule has 0 fully saturated rings. The van der Waals surface area contributed by atoms with Crippen LogP contribution in [0.25, 0.3) is 5.70 Å². The summed E-state index contributed by atoms with van der Waals surface area (Å²) < 4.78 is 0. The zero-order valence-electron chi connectivity index (χ0n) is 9.09. The number of hydrogen-bond acceptors (Lipinski definition) is 1. The molecule has 0 atom stereocenters. The molecule has 1 heteroatoms. The van der Waals surface area contributed by atoms with Gasteiger partial charge in [0.05, 0.1) is 0 Å². The van der Waals surface area contributed by atoms with Gasteiger partial charge >= 0.3 is 0 Å². The summed E-state index contributed by atoms with van der Waals surface area (Å²) in [6.45, 7) is 10.0. The molecule has 0 aliphatic carbocycles. The third kappa shape index (κ3) is 2.77. The molecule has 0 heterocycles. The highest BCUT2D eigenvalue weighted by molar-refractivity contribution is 5.67. The molecule has 0 aromatic heterocycles. The largest absolute Gasteiger partial charge is 0.359 e. The molecule has 0 aliphatic rings. The zero-order chi connectivity index (χ0) is 10.6. The quantitative estimate of drug-likeness (QED) is 0.763. The molecule has 0 saturated heterocycles. The van der Waals surface area contributed by atoms with E-state index in [2.05, 4.69) is 37.9 Å². The number of allylic oxidation sites excluding steroid dienone is 2. The van der Waals surface area contributed by atoms with E-state index >= 15 is 0 Å². The summed E-state index contributed by atoms with van der Waals surface area (Å²) in [4.78, 5) is 0. The molecule has 0 aliphatic heterocycles. The second-order valence-corrected chi connectivity index (χ2v) is 3.65. The van der Waals surface area contributed by atoms with Crippen molar-refractivity contribution in [3.8, 4) is 0 Å². The van der Waals surface area contributed by atoms with Crippen molar-refractivity contribution in [2.45, 2.75) is 20.8 Å². The molecule has 1 aromatic carbocycles. The van der Waals surface area contributed by atoms with E-state index in [0.29, 0.717) is 0 Å². The van der Waals surface area contributed by atoms with Crippen molar-refractivity contribution in [2.24, 2.45) is 0 Å². The van der Waals surface area contributed by atoms with E-state index in [-0.39, 0.29) is 0 Å². The van der Waals surface area contributed by atoms with Crippen molar-refractivity contribution in [3.05, 3.63) is 53.7 Å². The van der Waals surface area contributed by atoms with Crippen LogP contribution in [-0.4, -0.2) is 0 Å². The van der Waals surface area contributed by atoms with Gasteiger partial charge in [-0.2, -0.15) is 0 Å². The molecule has 0 amide bonds. The maximum Gasteiger partial charge on any atom is 0.0441 e. The van der Waals surface area contributed by atoms with Crippen molar-refractivity contribution < 1.29 is 0 Å². The minimum atomic E-state index is 0.963. The summed E-state index contributed by atoms with van der Waals surface area (Å²) in [5.74, 6) is 0. The van der Waals surface area contributed by atoms with Crippen molar-refractivity contribution in [1.29, 1.82) is 0 Å². The zero-order valence-corrected chi connectivity index (χ0v) is 9.09. The predicted molar refractivity (Wildman–Crippen MR) is 62.7 cm³/mol. The van der Waals surface area contributed by atoms with E-state index < -0.39 is 0 Å². The lowest BCUT2D eigenvalue weighted by Crippen LogP contribution is -2.09. The van der Waals surface area contributed by atoms with Crippen LogP contribution in [0.15, 0.2) is 48.2 Å². The first-order valence-corrected chi connectivity index (χ1v) is 4.76. The molecule has 1 nitrogen and oxygen atoms in total. The van der Waals surface area contributed by atoms with Gasteiger partial charge in [0.15, 0.2) is 0 Å². The topological polar surface area (TPSA) is 12.0 Å². The van der Waals surface area contributed by atoms with Crippen LogP contribution in [0.3, 0.4) is 0 Å². The Morgan fingerprint density at radius 3 is 2.07 bits per heavy atom. The molecule has 14 heavy (non-hydrogen) atoms. The summed E-state index contributed by atoms with van der Waals surface area (Å²) in [7, 11) is 0. The maximum absolute atomic E-state index is 3.86. The molecular formula is C13H17N. The van der Waals surface area contributed by atoms with Crippen LogP contribution >= 0.6 is 0 Å². The standard InChI is InChI=1S/C13H17N/c1-10(2)13(14-11(3)4)12-8-6-5-7-9-12/h5-9,14H,3H2,1-2,4H3. The summed E-state index contributed by atoms with van der Waals surface area (Å²) in [5.41, 5.74) is 4.58. The number of hydrogen-bond donors (Lipinski definition) is 1. The van der Waals surface area contributed by atoms with Gasteiger partial charge in [-0.25, -0.2) is 0 Å². The second kappa shape index (κ2) is 4.66. The Hall–Kier alpha value is -1.50. The van der Waals surface area contributed by atoms with Gasteiger partial charge in [-0.05, 0) is 26.3 Å². The fraction of sp³-hybridized carbons (Fsp3) is 0.231. The minimum Gasteiger partial charge on any atom is -0.359 e. The first-order valence-electron chi connectivity index (χ1n) is 4.76. The average Bonchev–Trinajstić information content (AvgIpc) is 2.15. The van der Waals surface area contributed by atoms with Crippen LogP contribution in [0.1, 0.15) is 26.3 Å². The highest BCUT2D eigenvalue weighted by Crippen LogP contribution is 2.16. The third-order valence-electron chi connectivity index (χ3n) is 1.90. The Labute approximate surface area is 86.2 Å². The van der Waals surface area contributed by atoms with E-state index in [9.17, 15) is 0 Å². The molecule has 1 rings (SSSR count). The monoisotopic (exact) mass is 187 g/mol. The fourth-order valence-electron chi connectivity index (χ4n) is 1.30. The minimum absolute atomic E-state index is 0.963. The van der Waals surface area contributed by atoms with Crippen molar-refractivity contribution in [2.75, 3.05) is 0 Å². The van der Waals surface area contributed by atoms with E-state index in [1.165, 1.54) is 11.1 Å². The van der Waals surface area contributed by atoms with E-state index in [1.54, 1.807) is 0 Å². The van der Waals surface area contributed by atoms with Crippen molar-refractivity contribution in [1.82, 2.24) is 5.32 Å². The van der Waals surface area contributed by atoms with Crippen molar-refractivity contribution >= 4 is 5.70 Å². The van der Waals surface area contributed by atoms with Gasteiger partial charge < -0.3 is 5.32 Å². The lowest BCUT2D eigenvalue weighted by atomic mass is 10.1. The Balaban J connectivity index is 3.03. The number of nitrogens with one attached hydrogen (secondary N) is 1. The highest BCUT2D eigenvalue weighted by Gasteiger charge is 2.01. The Morgan fingerprint density at radius 2 is 1.64 bits per heavy atom. The predicted octanol–water partition coefficient (Wildman–Crippen LogP) is 3.56. The highest BCUT2D eigenvalue weighted by atomic mass is 14.9. The Kier molecular flexibility index (Phi) is 3.52. The lowest BCUT2D eigenvalue weighted by molar-refractivity contribution is 1.07. The van der Waals surface area contributed by atoms with Gasteiger partial charge in [0, 0.05) is 11.4 Å². The van der Waals surface area contributed by atoms with Crippen LogP contribution in [0.2, 0.25) is 0 Å². The molecule has 0 radical (unpaired) electrons. The van der Waals surface area contributed by atoms with Crippen LogP contribution in [-0.2, 0) is 0 Å². The van der Waals surface area contributed by atoms with E-state index in [4.69, 9.17) is 0 Å². The number of rotatable bonds is 3. The molecule has 1 N–H and O–H groups in total. The van der Waals surface area contributed by atoms with Crippen LogP contribution in [0, 0.1) is 0 Å². The lowest BCUT2D eigenvalue weighted by Gasteiger charge is -2.12. The van der Waals surface area contributed by atoms with Crippen LogP contribution < -0.4 is 5.32 Å². The summed E-state index contributed by atoms with van der Waals surface area (Å²) >= 11 is 0. The third-order valence-corrected chi connectivity index (χ3v) is 1.90. The molecule has 1 aromatic rings. The van der Waals surface area contributed by atoms with Gasteiger partial charge in [-0.3, -0.25) is 0 Å². The average molecular weight is 187 g/mol. The van der Waals surface area contributed by atoms with Crippen molar-refractivity contribution in [3.63, 3.8) is 0 Å². The van der Waals surface area contributed by atoms with Gasteiger partial charge in [-0.15, -0.1) is 0 Å². The summed E-state index contributed by atoms with van der Waals surface area (Å²) in [6.07, 6.45) is 0. The first kappa shape index (κ1) is 10.6. The fourth-order valence-corrected chi connectivity index (χ4v) is 1.30. The molecule has 0 spiro atoms. The Morgan fingerprint density at radius 1 is 1.07 bits per heavy atom. The SMILES string of the molecule is C=C(C)NC(=C(C)C)c1ccccc1.